The van der Waals surface area contributed by atoms with Gasteiger partial charge in [0.25, 0.3) is 5.91 Å². The van der Waals surface area contributed by atoms with Gasteiger partial charge in [0.2, 0.25) is 0 Å². The fourth-order valence-electron chi connectivity index (χ4n) is 1.37. The van der Waals surface area contributed by atoms with Crippen LogP contribution >= 0.6 is 15.9 Å². The van der Waals surface area contributed by atoms with E-state index in [1.54, 1.807) is 18.2 Å². The van der Waals surface area contributed by atoms with Gasteiger partial charge < -0.3 is 10.4 Å². The summed E-state index contributed by atoms with van der Waals surface area (Å²) in [5.41, 5.74) is 0.483. The number of carbonyl (C=O) groups is 1. The molecule has 2 N–H and O–H groups in total. The number of rotatable bonds is 5. The molecule has 1 atom stereocenters. The molecule has 0 aliphatic carbocycles. The minimum atomic E-state index is -0.156. The summed E-state index contributed by atoms with van der Waals surface area (Å²) in [5, 5.41) is 12.0. The molecular formula is C12H16BrNO2. The molecule has 0 fully saturated rings. The van der Waals surface area contributed by atoms with Crippen LogP contribution in [0, 0.1) is 0 Å². The van der Waals surface area contributed by atoms with Crippen molar-refractivity contribution in [3.63, 3.8) is 0 Å². The third-order valence-corrected chi connectivity index (χ3v) is 2.98. The number of hydrogen-bond acceptors (Lipinski definition) is 2. The van der Waals surface area contributed by atoms with E-state index in [1.807, 2.05) is 0 Å². The van der Waals surface area contributed by atoms with E-state index in [4.69, 9.17) is 0 Å². The van der Waals surface area contributed by atoms with E-state index in [2.05, 4.69) is 28.2 Å². The van der Waals surface area contributed by atoms with E-state index in [1.165, 1.54) is 6.07 Å². The molecule has 1 unspecified atom stereocenters. The first-order valence-corrected chi connectivity index (χ1v) is 6.26. The van der Waals surface area contributed by atoms with Crippen LogP contribution in [0.15, 0.2) is 24.3 Å². The fourth-order valence-corrected chi connectivity index (χ4v) is 1.99. The van der Waals surface area contributed by atoms with Crippen LogP contribution in [0.5, 0.6) is 5.75 Å². The van der Waals surface area contributed by atoms with Crippen LogP contribution in [0.1, 0.15) is 30.1 Å². The molecule has 3 nitrogen and oxygen atoms in total. The number of aromatic hydroxyl groups is 1. The maximum atomic E-state index is 11.7. The Kier molecular flexibility index (Phi) is 5.32. The minimum Gasteiger partial charge on any atom is -0.508 e. The smallest absolute Gasteiger partial charge is 0.251 e. The molecule has 0 saturated carbocycles. The van der Waals surface area contributed by atoms with Gasteiger partial charge in [-0.1, -0.05) is 35.3 Å². The highest BCUT2D eigenvalue weighted by Crippen LogP contribution is 2.11. The maximum absolute atomic E-state index is 11.7. The van der Waals surface area contributed by atoms with Crippen molar-refractivity contribution in [1.29, 1.82) is 0 Å². The lowest BCUT2D eigenvalue weighted by molar-refractivity contribution is 0.0953. The van der Waals surface area contributed by atoms with Gasteiger partial charge in [-0.3, -0.25) is 4.79 Å². The Morgan fingerprint density at radius 2 is 2.31 bits per heavy atom. The Balaban J connectivity index is 2.47. The van der Waals surface area contributed by atoms with Crippen molar-refractivity contribution in [3.05, 3.63) is 29.8 Å². The van der Waals surface area contributed by atoms with Gasteiger partial charge in [-0.2, -0.15) is 0 Å². The van der Waals surface area contributed by atoms with Crippen molar-refractivity contribution in [2.45, 2.75) is 24.6 Å². The Labute approximate surface area is 104 Å². The molecule has 0 aromatic heterocycles. The molecule has 1 aromatic rings. The lowest BCUT2D eigenvalue weighted by atomic mass is 10.2. The largest absolute Gasteiger partial charge is 0.508 e. The second kappa shape index (κ2) is 6.53. The average molecular weight is 286 g/mol. The minimum absolute atomic E-state index is 0.108. The molecule has 0 saturated heterocycles. The van der Waals surface area contributed by atoms with Crippen molar-refractivity contribution in [2.75, 3.05) is 6.54 Å². The third-order valence-electron chi connectivity index (χ3n) is 2.19. The molecule has 16 heavy (non-hydrogen) atoms. The first-order valence-electron chi connectivity index (χ1n) is 5.34. The molecule has 0 spiro atoms. The molecule has 0 aliphatic heterocycles. The summed E-state index contributed by atoms with van der Waals surface area (Å²) in [6, 6.07) is 6.33. The SMILES string of the molecule is CCCC(Br)CNC(=O)c1cccc(O)c1. The quantitative estimate of drug-likeness (QED) is 0.818. The maximum Gasteiger partial charge on any atom is 0.251 e. The molecule has 88 valence electrons. The number of phenols is 1. The van der Waals surface area contributed by atoms with Crippen LogP contribution in [0.2, 0.25) is 0 Å². The summed E-state index contributed by atoms with van der Waals surface area (Å²) in [4.78, 5) is 12.0. The average Bonchev–Trinajstić information content (AvgIpc) is 2.26. The zero-order valence-corrected chi connectivity index (χ0v) is 10.8. The lowest BCUT2D eigenvalue weighted by Gasteiger charge is -2.10. The predicted octanol–water partition coefficient (Wildman–Crippen LogP) is 2.69. The molecule has 0 heterocycles. The van der Waals surface area contributed by atoms with Gasteiger partial charge in [-0.05, 0) is 24.6 Å². The number of hydrogen-bond donors (Lipinski definition) is 2. The van der Waals surface area contributed by atoms with Crippen LogP contribution in [0.3, 0.4) is 0 Å². The number of phenolic OH excluding ortho intramolecular Hbond substituents is 1. The Morgan fingerprint density at radius 1 is 1.56 bits per heavy atom. The molecule has 1 amide bonds. The number of benzene rings is 1. The van der Waals surface area contributed by atoms with Gasteiger partial charge in [-0.15, -0.1) is 0 Å². The highest BCUT2D eigenvalue weighted by atomic mass is 79.9. The van der Waals surface area contributed by atoms with Crippen LogP contribution in [0.25, 0.3) is 0 Å². The van der Waals surface area contributed by atoms with E-state index in [-0.39, 0.29) is 11.7 Å². The molecular weight excluding hydrogens is 270 g/mol. The number of halogens is 1. The summed E-state index contributed by atoms with van der Waals surface area (Å²) in [5.74, 6) is -0.0481. The Morgan fingerprint density at radius 3 is 2.94 bits per heavy atom. The highest BCUT2D eigenvalue weighted by molar-refractivity contribution is 9.09. The summed E-state index contributed by atoms with van der Waals surface area (Å²) in [6.45, 7) is 2.70. The van der Waals surface area contributed by atoms with Gasteiger partial charge in [0.05, 0.1) is 0 Å². The van der Waals surface area contributed by atoms with Crippen molar-refractivity contribution < 1.29 is 9.90 Å². The van der Waals surface area contributed by atoms with Crippen LogP contribution in [0.4, 0.5) is 0 Å². The van der Waals surface area contributed by atoms with Gasteiger partial charge >= 0.3 is 0 Å². The van der Waals surface area contributed by atoms with Gasteiger partial charge in [-0.25, -0.2) is 0 Å². The molecule has 1 aromatic carbocycles. The lowest BCUT2D eigenvalue weighted by Crippen LogP contribution is -2.29. The molecule has 4 heteroatoms. The van der Waals surface area contributed by atoms with E-state index in [9.17, 15) is 9.90 Å². The summed E-state index contributed by atoms with van der Waals surface area (Å²) in [6.07, 6.45) is 2.11. The first-order chi connectivity index (χ1) is 7.63. The van der Waals surface area contributed by atoms with E-state index < -0.39 is 0 Å². The van der Waals surface area contributed by atoms with E-state index in [0.29, 0.717) is 16.9 Å². The second-order valence-electron chi connectivity index (χ2n) is 3.65. The number of nitrogens with one attached hydrogen (secondary N) is 1. The second-order valence-corrected chi connectivity index (χ2v) is 4.94. The van der Waals surface area contributed by atoms with Gasteiger partial charge in [0.1, 0.15) is 5.75 Å². The summed E-state index contributed by atoms with van der Waals surface area (Å²) < 4.78 is 0. The van der Waals surface area contributed by atoms with Crippen LogP contribution in [-0.2, 0) is 0 Å². The summed E-state index contributed by atoms with van der Waals surface area (Å²) in [7, 11) is 0. The summed E-state index contributed by atoms with van der Waals surface area (Å²) >= 11 is 3.49. The predicted molar refractivity (Wildman–Crippen MR) is 68.1 cm³/mol. The van der Waals surface area contributed by atoms with E-state index in [0.717, 1.165) is 12.8 Å². The van der Waals surface area contributed by atoms with E-state index >= 15 is 0 Å². The van der Waals surface area contributed by atoms with Gasteiger partial charge in [0, 0.05) is 16.9 Å². The zero-order chi connectivity index (χ0) is 12.0. The third kappa shape index (κ3) is 4.23. The van der Waals surface area contributed by atoms with Crippen molar-refractivity contribution in [2.24, 2.45) is 0 Å². The van der Waals surface area contributed by atoms with Crippen molar-refractivity contribution >= 4 is 21.8 Å². The standard InChI is InChI=1S/C12H16BrNO2/c1-2-4-10(13)8-14-12(16)9-5-3-6-11(15)7-9/h3,5-7,10,15H,2,4,8H2,1H3,(H,14,16). The van der Waals surface area contributed by atoms with Crippen molar-refractivity contribution in [3.8, 4) is 5.75 Å². The fraction of sp³-hybridized carbons (Fsp3) is 0.417. The zero-order valence-electron chi connectivity index (χ0n) is 9.24. The van der Waals surface area contributed by atoms with Gasteiger partial charge in [0.15, 0.2) is 0 Å². The highest BCUT2D eigenvalue weighted by Gasteiger charge is 2.08. The number of alkyl halides is 1. The monoisotopic (exact) mass is 285 g/mol. The molecule has 0 aliphatic rings. The van der Waals surface area contributed by atoms with Crippen molar-refractivity contribution in [1.82, 2.24) is 5.32 Å². The number of carbonyl (C=O) groups excluding carboxylic acids is 1. The van der Waals surface area contributed by atoms with Crippen LogP contribution < -0.4 is 5.32 Å². The number of amides is 1. The normalized spacial score (nSPS) is 12.1. The molecule has 0 bridgehead atoms. The molecule has 0 radical (unpaired) electrons. The topological polar surface area (TPSA) is 49.3 Å². The molecule has 1 rings (SSSR count). The first kappa shape index (κ1) is 13.0. The Hall–Kier alpha value is -1.03. The van der Waals surface area contributed by atoms with Crippen LogP contribution in [-0.4, -0.2) is 22.4 Å². The Bertz CT molecular complexity index is 355.